The summed E-state index contributed by atoms with van der Waals surface area (Å²) < 4.78 is 6.33. The molecule has 0 aliphatic carbocycles. The van der Waals surface area contributed by atoms with Gasteiger partial charge in [-0.1, -0.05) is 0 Å². The Balaban J connectivity index is 3.04. The van der Waals surface area contributed by atoms with Crippen LogP contribution in [0.5, 0.6) is 0 Å². The molecule has 0 bridgehead atoms. The lowest BCUT2D eigenvalue weighted by atomic mass is 10.4. The molecule has 4 nitrogen and oxygen atoms in total. The Bertz CT molecular complexity index is 291. The molecule has 2 N–H and O–H groups in total. The van der Waals surface area contributed by atoms with E-state index >= 15 is 0 Å². The van der Waals surface area contributed by atoms with Gasteiger partial charge < -0.3 is 15.0 Å². The summed E-state index contributed by atoms with van der Waals surface area (Å²) in [5.41, 5.74) is 6.60. The fraction of sp³-hybridized carbons (Fsp3) is 0.375. The Hall–Kier alpha value is -1.45. The maximum absolute atomic E-state index is 11.1. The summed E-state index contributed by atoms with van der Waals surface area (Å²) in [4.78, 5) is 11.1. The summed E-state index contributed by atoms with van der Waals surface area (Å²) in [6, 6.07) is 1.61. The highest BCUT2D eigenvalue weighted by molar-refractivity contribution is 5.88. The third-order valence-electron chi connectivity index (χ3n) is 1.65. The molecule has 12 heavy (non-hydrogen) atoms. The average molecular weight is 168 g/mol. The van der Waals surface area contributed by atoms with Crippen molar-refractivity contribution in [2.45, 2.75) is 13.5 Å². The van der Waals surface area contributed by atoms with Gasteiger partial charge in [-0.2, -0.15) is 0 Å². The van der Waals surface area contributed by atoms with Crippen molar-refractivity contribution < 1.29 is 9.53 Å². The monoisotopic (exact) mass is 168 g/mol. The van der Waals surface area contributed by atoms with E-state index in [1.165, 1.54) is 7.11 Å². The number of nitrogen functional groups attached to an aromatic ring is 1. The van der Waals surface area contributed by atoms with Crippen molar-refractivity contribution in [3.05, 3.63) is 18.0 Å². The highest BCUT2D eigenvalue weighted by atomic mass is 16.5. The van der Waals surface area contributed by atoms with Crippen LogP contribution in [0.4, 0.5) is 5.69 Å². The van der Waals surface area contributed by atoms with Crippen molar-refractivity contribution in [1.29, 1.82) is 0 Å². The van der Waals surface area contributed by atoms with E-state index in [0.29, 0.717) is 17.9 Å². The van der Waals surface area contributed by atoms with Gasteiger partial charge in [-0.15, -0.1) is 0 Å². The van der Waals surface area contributed by atoms with E-state index in [-0.39, 0.29) is 5.97 Å². The van der Waals surface area contributed by atoms with Gasteiger partial charge in [0.05, 0.1) is 12.8 Å². The summed E-state index contributed by atoms with van der Waals surface area (Å²) in [5, 5.41) is 0. The first-order valence-electron chi connectivity index (χ1n) is 3.73. The van der Waals surface area contributed by atoms with Crippen LogP contribution in [0, 0.1) is 0 Å². The topological polar surface area (TPSA) is 57.2 Å². The first-order valence-corrected chi connectivity index (χ1v) is 3.73. The van der Waals surface area contributed by atoms with Crippen LogP contribution in [0.1, 0.15) is 17.4 Å². The number of hydrogen-bond acceptors (Lipinski definition) is 3. The maximum atomic E-state index is 11.1. The van der Waals surface area contributed by atoms with Gasteiger partial charge in [-0.3, -0.25) is 0 Å². The van der Waals surface area contributed by atoms with Gasteiger partial charge in [-0.05, 0) is 13.0 Å². The molecular formula is C8H12N2O2. The second kappa shape index (κ2) is 3.30. The number of ether oxygens (including phenoxy) is 1. The van der Waals surface area contributed by atoms with Gasteiger partial charge in [0.2, 0.25) is 0 Å². The molecule has 0 saturated carbocycles. The zero-order valence-corrected chi connectivity index (χ0v) is 7.20. The zero-order chi connectivity index (χ0) is 9.14. The molecule has 0 radical (unpaired) electrons. The van der Waals surface area contributed by atoms with E-state index in [1.807, 2.05) is 6.92 Å². The molecule has 66 valence electrons. The van der Waals surface area contributed by atoms with E-state index in [0.717, 1.165) is 0 Å². The minimum Gasteiger partial charge on any atom is -0.464 e. The van der Waals surface area contributed by atoms with E-state index in [2.05, 4.69) is 4.74 Å². The molecular weight excluding hydrogens is 156 g/mol. The first-order chi connectivity index (χ1) is 5.69. The molecule has 0 fully saturated rings. The Morgan fingerprint density at radius 2 is 2.42 bits per heavy atom. The molecule has 0 aromatic carbocycles. The van der Waals surface area contributed by atoms with E-state index in [1.54, 1.807) is 16.8 Å². The Morgan fingerprint density at radius 3 is 2.92 bits per heavy atom. The normalized spacial score (nSPS) is 9.83. The molecule has 0 spiro atoms. The van der Waals surface area contributed by atoms with E-state index in [9.17, 15) is 4.79 Å². The van der Waals surface area contributed by atoms with Crippen molar-refractivity contribution in [2.24, 2.45) is 0 Å². The number of nitrogens with zero attached hydrogens (tertiary/aromatic N) is 1. The summed E-state index contributed by atoms with van der Waals surface area (Å²) >= 11 is 0. The predicted molar refractivity (Wildman–Crippen MR) is 45.9 cm³/mol. The SMILES string of the molecule is CCn1cc(N)cc1C(=O)OC. The minimum absolute atomic E-state index is 0.353. The fourth-order valence-electron chi connectivity index (χ4n) is 1.07. The van der Waals surface area contributed by atoms with Crippen molar-refractivity contribution in [3.8, 4) is 0 Å². The number of carbonyl (C=O) groups is 1. The molecule has 0 aliphatic heterocycles. The molecule has 0 unspecified atom stereocenters. The number of aryl methyl sites for hydroxylation is 1. The smallest absolute Gasteiger partial charge is 0.354 e. The number of anilines is 1. The fourth-order valence-corrected chi connectivity index (χ4v) is 1.07. The van der Waals surface area contributed by atoms with Crippen LogP contribution in [0.25, 0.3) is 0 Å². The molecule has 0 aliphatic rings. The summed E-state index contributed by atoms with van der Waals surface area (Å²) in [6.45, 7) is 2.65. The molecule has 0 saturated heterocycles. The van der Waals surface area contributed by atoms with Gasteiger partial charge in [0.1, 0.15) is 5.69 Å². The van der Waals surface area contributed by atoms with Gasteiger partial charge >= 0.3 is 5.97 Å². The number of carbonyl (C=O) groups excluding carboxylic acids is 1. The zero-order valence-electron chi connectivity index (χ0n) is 7.20. The van der Waals surface area contributed by atoms with Crippen LogP contribution in [-0.2, 0) is 11.3 Å². The van der Waals surface area contributed by atoms with Gasteiger partial charge in [0.25, 0.3) is 0 Å². The van der Waals surface area contributed by atoms with Crippen molar-refractivity contribution >= 4 is 11.7 Å². The molecule has 4 heteroatoms. The standard InChI is InChI=1S/C8H12N2O2/c1-3-10-5-6(9)4-7(10)8(11)12-2/h4-5H,3,9H2,1-2H3. The molecule has 0 amide bonds. The van der Waals surface area contributed by atoms with Crippen LogP contribution in [0.15, 0.2) is 12.3 Å². The molecule has 1 heterocycles. The number of aromatic nitrogens is 1. The Morgan fingerprint density at radius 1 is 1.75 bits per heavy atom. The van der Waals surface area contributed by atoms with Crippen molar-refractivity contribution in [3.63, 3.8) is 0 Å². The number of methoxy groups -OCH3 is 1. The van der Waals surface area contributed by atoms with Gasteiger partial charge in [-0.25, -0.2) is 4.79 Å². The largest absolute Gasteiger partial charge is 0.464 e. The minimum atomic E-state index is -0.353. The molecule has 1 rings (SSSR count). The van der Waals surface area contributed by atoms with Crippen molar-refractivity contribution in [1.82, 2.24) is 4.57 Å². The highest BCUT2D eigenvalue weighted by Crippen LogP contribution is 2.11. The lowest BCUT2D eigenvalue weighted by Gasteiger charge is -2.02. The Kier molecular flexibility index (Phi) is 2.38. The van der Waals surface area contributed by atoms with Gasteiger partial charge in [0, 0.05) is 12.7 Å². The summed E-state index contributed by atoms with van der Waals surface area (Å²) in [5.74, 6) is -0.353. The van der Waals surface area contributed by atoms with Crippen LogP contribution in [-0.4, -0.2) is 17.6 Å². The lowest BCUT2D eigenvalue weighted by Crippen LogP contribution is -2.08. The molecule has 1 aromatic rings. The average Bonchev–Trinajstić information content (AvgIpc) is 2.45. The first kappa shape index (κ1) is 8.64. The second-order valence-electron chi connectivity index (χ2n) is 2.44. The maximum Gasteiger partial charge on any atom is 0.354 e. The number of nitrogens with two attached hydrogens (primary N) is 1. The van der Waals surface area contributed by atoms with Crippen molar-refractivity contribution in [2.75, 3.05) is 12.8 Å². The number of rotatable bonds is 2. The van der Waals surface area contributed by atoms with Gasteiger partial charge in [0.15, 0.2) is 0 Å². The van der Waals surface area contributed by atoms with Crippen LogP contribution < -0.4 is 5.73 Å². The lowest BCUT2D eigenvalue weighted by molar-refractivity contribution is 0.0588. The molecule has 1 aromatic heterocycles. The summed E-state index contributed by atoms with van der Waals surface area (Å²) in [6.07, 6.45) is 1.71. The second-order valence-corrected chi connectivity index (χ2v) is 2.44. The predicted octanol–water partition coefficient (Wildman–Crippen LogP) is 0.877. The van der Waals surface area contributed by atoms with E-state index < -0.39 is 0 Å². The van der Waals surface area contributed by atoms with E-state index in [4.69, 9.17) is 5.73 Å². The van der Waals surface area contributed by atoms with Crippen LogP contribution >= 0.6 is 0 Å². The summed E-state index contributed by atoms with van der Waals surface area (Å²) in [7, 11) is 1.35. The molecule has 0 atom stereocenters. The highest BCUT2D eigenvalue weighted by Gasteiger charge is 2.11. The quantitative estimate of drug-likeness (QED) is 0.667. The third-order valence-corrected chi connectivity index (χ3v) is 1.65. The number of hydrogen-bond donors (Lipinski definition) is 1. The third kappa shape index (κ3) is 1.42. The van der Waals surface area contributed by atoms with Crippen LogP contribution in [0.2, 0.25) is 0 Å². The van der Waals surface area contributed by atoms with Crippen LogP contribution in [0.3, 0.4) is 0 Å². The Labute approximate surface area is 70.9 Å². The number of esters is 1.